The van der Waals surface area contributed by atoms with Crippen LogP contribution in [0.15, 0.2) is 54.6 Å². The molecule has 0 spiro atoms. The highest BCUT2D eigenvalue weighted by Gasteiger charge is 2.15. The van der Waals surface area contributed by atoms with Crippen molar-refractivity contribution < 1.29 is 4.79 Å². The van der Waals surface area contributed by atoms with Crippen LogP contribution in [0.25, 0.3) is 33.2 Å². The van der Waals surface area contributed by atoms with Crippen molar-refractivity contribution in [3.63, 3.8) is 0 Å². The average molecular weight is 371 g/mol. The smallest absolute Gasteiger partial charge is 0.222 e. The first-order valence-corrected chi connectivity index (χ1v) is 9.70. The summed E-state index contributed by atoms with van der Waals surface area (Å²) in [4.78, 5) is 22.1. The van der Waals surface area contributed by atoms with E-state index in [4.69, 9.17) is 4.98 Å². The Balaban J connectivity index is 1.76. The molecule has 142 valence electrons. The number of amides is 1. The van der Waals surface area contributed by atoms with Crippen LogP contribution in [0.5, 0.6) is 0 Å². The molecule has 4 rings (SSSR count). The number of aromatic amines is 1. The lowest BCUT2D eigenvalue weighted by atomic mass is 10.0. The Bertz CT molecular complexity index is 1160. The number of hydrogen-bond donors (Lipinski definition) is 1. The van der Waals surface area contributed by atoms with Gasteiger partial charge in [-0.2, -0.15) is 0 Å². The summed E-state index contributed by atoms with van der Waals surface area (Å²) in [5.41, 5.74) is 6.58. The van der Waals surface area contributed by atoms with Crippen molar-refractivity contribution in [1.82, 2.24) is 14.9 Å². The molecule has 0 atom stereocenters. The molecule has 0 aliphatic carbocycles. The van der Waals surface area contributed by atoms with E-state index in [2.05, 4.69) is 48.3 Å². The van der Waals surface area contributed by atoms with Gasteiger partial charge >= 0.3 is 0 Å². The molecule has 0 aliphatic rings. The van der Waals surface area contributed by atoms with E-state index in [1.165, 1.54) is 16.5 Å². The second-order valence-corrected chi connectivity index (χ2v) is 7.56. The molecule has 0 aliphatic heterocycles. The molecule has 0 saturated carbocycles. The van der Waals surface area contributed by atoms with Gasteiger partial charge in [0.15, 0.2) is 0 Å². The third-order valence-electron chi connectivity index (χ3n) is 5.23. The van der Waals surface area contributed by atoms with Crippen molar-refractivity contribution in [2.45, 2.75) is 26.2 Å². The number of H-pyrrole nitrogens is 1. The van der Waals surface area contributed by atoms with Gasteiger partial charge in [0, 0.05) is 36.8 Å². The van der Waals surface area contributed by atoms with Crippen molar-refractivity contribution in [2.75, 3.05) is 14.1 Å². The first-order chi connectivity index (χ1) is 13.5. The summed E-state index contributed by atoms with van der Waals surface area (Å²) in [5.74, 6) is 0.168. The van der Waals surface area contributed by atoms with Gasteiger partial charge in [0.05, 0.1) is 16.9 Å². The number of nitrogens with one attached hydrogen (secondary N) is 1. The minimum absolute atomic E-state index is 0.168. The number of para-hydroxylation sites is 1. The molecular weight excluding hydrogens is 346 g/mol. The van der Waals surface area contributed by atoms with Gasteiger partial charge in [-0.3, -0.25) is 4.79 Å². The first kappa shape index (κ1) is 18.2. The summed E-state index contributed by atoms with van der Waals surface area (Å²) < 4.78 is 0. The van der Waals surface area contributed by atoms with Gasteiger partial charge in [0.25, 0.3) is 0 Å². The number of fused-ring (bicyclic) bond motifs is 2. The molecule has 2 aromatic carbocycles. The number of pyridine rings is 1. The Morgan fingerprint density at radius 3 is 2.71 bits per heavy atom. The van der Waals surface area contributed by atoms with Crippen LogP contribution in [0, 0.1) is 6.92 Å². The van der Waals surface area contributed by atoms with Gasteiger partial charge in [-0.1, -0.05) is 35.9 Å². The molecule has 1 N–H and O–H groups in total. The van der Waals surface area contributed by atoms with E-state index in [1.54, 1.807) is 4.90 Å². The summed E-state index contributed by atoms with van der Waals surface area (Å²) in [7, 11) is 3.61. The molecule has 0 fully saturated rings. The number of aromatic nitrogens is 2. The molecule has 0 saturated heterocycles. The van der Waals surface area contributed by atoms with Crippen molar-refractivity contribution in [1.29, 1.82) is 0 Å². The zero-order valence-corrected chi connectivity index (χ0v) is 16.6. The molecule has 4 heteroatoms. The third kappa shape index (κ3) is 3.50. The van der Waals surface area contributed by atoms with Crippen LogP contribution >= 0.6 is 0 Å². The lowest BCUT2D eigenvalue weighted by Crippen LogP contribution is -2.21. The van der Waals surface area contributed by atoms with E-state index in [0.29, 0.717) is 6.42 Å². The van der Waals surface area contributed by atoms with E-state index >= 15 is 0 Å². The molecule has 0 bridgehead atoms. The van der Waals surface area contributed by atoms with Gasteiger partial charge in [-0.05, 0) is 49.6 Å². The Morgan fingerprint density at radius 2 is 1.89 bits per heavy atom. The zero-order valence-electron chi connectivity index (χ0n) is 16.6. The molecule has 1 amide bonds. The van der Waals surface area contributed by atoms with Crippen LogP contribution in [-0.2, 0) is 11.2 Å². The maximum atomic E-state index is 12.0. The Hall–Kier alpha value is -3.14. The largest absolute Gasteiger partial charge is 0.353 e. The lowest BCUT2D eigenvalue weighted by molar-refractivity contribution is -0.128. The average Bonchev–Trinajstić information content (AvgIpc) is 3.05. The summed E-state index contributed by atoms with van der Waals surface area (Å²) in [6.45, 7) is 2.11. The summed E-state index contributed by atoms with van der Waals surface area (Å²) >= 11 is 0. The molecule has 4 aromatic rings. The number of carbonyl (C=O) groups excluding carboxylic acids is 1. The van der Waals surface area contributed by atoms with Crippen LogP contribution in [0.4, 0.5) is 0 Å². The van der Waals surface area contributed by atoms with Gasteiger partial charge in [0.2, 0.25) is 5.91 Å². The van der Waals surface area contributed by atoms with Crippen LogP contribution in [0.3, 0.4) is 0 Å². The molecule has 0 radical (unpaired) electrons. The second-order valence-electron chi connectivity index (χ2n) is 7.56. The fourth-order valence-corrected chi connectivity index (χ4v) is 3.69. The molecule has 4 nitrogen and oxygen atoms in total. The normalized spacial score (nSPS) is 11.2. The van der Waals surface area contributed by atoms with Crippen molar-refractivity contribution >= 4 is 27.7 Å². The number of benzene rings is 2. The van der Waals surface area contributed by atoms with Gasteiger partial charge in [-0.15, -0.1) is 0 Å². The van der Waals surface area contributed by atoms with E-state index in [0.717, 1.165) is 40.6 Å². The third-order valence-corrected chi connectivity index (χ3v) is 5.23. The van der Waals surface area contributed by atoms with E-state index < -0.39 is 0 Å². The topological polar surface area (TPSA) is 49.0 Å². The maximum absolute atomic E-state index is 12.0. The zero-order chi connectivity index (χ0) is 19.7. The van der Waals surface area contributed by atoms with E-state index in [-0.39, 0.29) is 5.91 Å². The molecular formula is C24H25N3O. The van der Waals surface area contributed by atoms with Crippen LogP contribution in [0.2, 0.25) is 0 Å². The standard InChI is InChI=1S/C24H25N3O/c1-16-11-13-21-19(15-16)18(8-6-10-23(28)27(2)3)24(26-21)22-14-12-17-7-4-5-9-20(17)25-22/h4-5,7,9,11-15,26H,6,8,10H2,1-3H3. The summed E-state index contributed by atoms with van der Waals surface area (Å²) in [6.07, 6.45) is 2.21. The minimum Gasteiger partial charge on any atom is -0.353 e. The Morgan fingerprint density at radius 1 is 1.07 bits per heavy atom. The number of rotatable bonds is 5. The highest BCUT2D eigenvalue weighted by Crippen LogP contribution is 2.32. The number of hydrogen-bond acceptors (Lipinski definition) is 2. The summed E-state index contributed by atoms with van der Waals surface area (Å²) in [6, 6.07) is 18.8. The highest BCUT2D eigenvalue weighted by atomic mass is 16.2. The van der Waals surface area contributed by atoms with Crippen molar-refractivity contribution in [3.05, 3.63) is 65.7 Å². The van der Waals surface area contributed by atoms with E-state index in [9.17, 15) is 4.79 Å². The summed E-state index contributed by atoms with van der Waals surface area (Å²) in [5, 5.41) is 2.36. The number of nitrogens with zero attached hydrogens (tertiary/aromatic N) is 2. The van der Waals surface area contributed by atoms with E-state index in [1.807, 2.05) is 32.3 Å². The molecule has 0 unspecified atom stereocenters. The minimum atomic E-state index is 0.168. The highest BCUT2D eigenvalue weighted by molar-refractivity contribution is 5.92. The van der Waals surface area contributed by atoms with Crippen LogP contribution < -0.4 is 0 Å². The predicted molar refractivity (Wildman–Crippen MR) is 115 cm³/mol. The predicted octanol–water partition coefficient (Wildman–Crippen LogP) is 5.10. The SMILES string of the molecule is Cc1ccc2[nH]c(-c3ccc4ccccc4n3)c(CCCC(=O)N(C)C)c2c1. The number of aryl methyl sites for hydroxylation is 2. The molecule has 2 heterocycles. The fourth-order valence-electron chi connectivity index (χ4n) is 3.69. The quantitative estimate of drug-likeness (QED) is 0.530. The number of carbonyl (C=O) groups is 1. The molecule has 28 heavy (non-hydrogen) atoms. The maximum Gasteiger partial charge on any atom is 0.222 e. The molecule has 2 aromatic heterocycles. The van der Waals surface area contributed by atoms with Gasteiger partial charge in [0.1, 0.15) is 0 Å². The second kappa shape index (κ2) is 7.47. The van der Waals surface area contributed by atoms with Crippen molar-refractivity contribution in [3.8, 4) is 11.4 Å². The van der Waals surface area contributed by atoms with Gasteiger partial charge in [-0.25, -0.2) is 4.98 Å². The van der Waals surface area contributed by atoms with Crippen LogP contribution in [-0.4, -0.2) is 34.9 Å². The Labute approximate surface area is 165 Å². The van der Waals surface area contributed by atoms with Crippen molar-refractivity contribution in [2.24, 2.45) is 0 Å². The lowest BCUT2D eigenvalue weighted by Gasteiger charge is -2.10. The fraction of sp³-hybridized carbons (Fsp3) is 0.250. The first-order valence-electron chi connectivity index (χ1n) is 9.70. The van der Waals surface area contributed by atoms with Gasteiger partial charge < -0.3 is 9.88 Å². The van der Waals surface area contributed by atoms with Crippen LogP contribution in [0.1, 0.15) is 24.0 Å². The Kier molecular flexibility index (Phi) is 4.86. The monoisotopic (exact) mass is 371 g/mol.